The van der Waals surface area contributed by atoms with E-state index in [0.29, 0.717) is 0 Å². The Hall–Kier alpha value is -2.03. The Labute approximate surface area is 189 Å². The number of halogens is 2. The number of phosphoric acid groups is 1. The number of nitrogens with one attached hydrogen (secondary N) is 1. The van der Waals surface area contributed by atoms with Crippen molar-refractivity contribution in [1.82, 2.24) is 9.55 Å². The summed E-state index contributed by atoms with van der Waals surface area (Å²) in [5.41, 5.74) is -0.370. The minimum atomic E-state index is -4.34. The lowest BCUT2D eigenvalue weighted by Crippen LogP contribution is -2.43. The van der Waals surface area contributed by atoms with Gasteiger partial charge in [0.1, 0.15) is 36.5 Å². The Kier molecular flexibility index (Phi) is 6.55. The molecule has 1 fully saturated rings. The number of aliphatic hydroxyl groups is 3. The summed E-state index contributed by atoms with van der Waals surface area (Å²) in [6, 6.07) is 3.40. The largest absolute Gasteiger partial charge is 0.530 e. The van der Waals surface area contributed by atoms with Crippen LogP contribution in [0.5, 0.6) is 5.75 Å². The van der Waals surface area contributed by atoms with E-state index in [2.05, 4.69) is 4.98 Å². The van der Waals surface area contributed by atoms with E-state index in [1.54, 1.807) is 0 Å². The van der Waals surface area contributed by atoms with Crippen molar-refractivity contribution in [2.24, 2.45) is 0 Å². The zero-order valence-corrected chi connectivity index (χ0v) is 18.4. The van der Waals surface area contributed by atoms with Crippen molar-refractivity contribution in [1.29, 1.82) is 0 Å². The van der Waals surface area contributed by atoms with Gasteiger partial charge in [-0.1, -0.05) is 0 Å². The molecule has 0 spiro atoms. The third-order valence-corrected chi connectivity index (χ3v) is 6.80. The van der Waals surface area contributed by atoms with Gasteiger partial charge in [-0.25, -0.2) is 13.3 Å². The summed E-state index contributed by atoms with van der Waals surface area (Å²) < 4.78 is 62.7. The van der Waals surface area contributed by atoms with Gasteiger partial charge >= 0.3 is 7.82 Å². The third kappa shape index (κ3) is 4.79. The smallest absolute Gasteiger partial charge is 0.404 e. The molecule has 1 saturated heterocycles. The number of hydrogen-bond donors (Lipinski definition) is 4. The van der Waals surface area contributed by atoms with Crippen LogP contribution in [0.1, 0.15) is 11.1 Å². The predicted octanol–water partition coefficient (Wildman–Crippen LogP) is 1.06. The second-order valence-electron chi connectivity index (χ2n) is 7.44. The molecule has 0 radical (unpaired) electrons. The lowest BCUT2D eigenvalue weighted by atomic mass is 10.1. The maximum atomic E-state index is 15.3. The van der Waals surface area contributed by atoms with Crippen molar-refractivity contribution < 1.29 is 47.0 Å². The van der Waals surface area contributed by atoms with E-state index in [1.807, 2.05) is 0 Å². The SMILES string of the molecule is O=c1[nH]c(=S)n(C[C@@H]2O[C@](F)(COP3(=O)OCc4cc(F)ccc4O3)[C@@H](O)[C@H]2O)cc1CO. The second kappa shape index (κ2) is 8.96. The molecule has 1 aromatic carbocycles. The van der Waals surface area contributed by atoms with Crippen molar-refractivity contribution in [3.05, 3.63) is 56.5 Å². The van der Waals surface area contributed by atoms with E-state index in [0.717, 1.165) is 12.1 Å². The van der Waals surface area contributed by atoms with Crippen LogP contribution in [0.2, 0.25) is 0 Å². The minimum Gasteiger partial charge on any atom is -0.404 e. The summed E-state index contributed by atoms with van der Waals surface area (Å²) in [5.74, 6) is -3.53. The fourth-order valence-electron chi connectivity index (χ4n) is 3.39. The van der Waals surface area contributed by atoms with Crippen molar-refractivity contribution in [3.63, 3.8) is 0 Å². The van der Waals surface area contributed by atoms with E-state index >= 15 is 4.39 Å². The fourth-order valence-corrected chi connectivity index (χ4v) is 4.84. The normalized spacial score (nSPS) is 31.2. The molecule has 0 saturated carbocycles. The van der Waals surface area contributed by atoms with Gasteiger partial charge in [0.25, 0.3) is 11.4 Å². The Balaban J connectivity index is 1.46. The molecule has 0 amide bonds. The first-order valence-corrected chi connectivity index (χ1v) is 11.4. The molecule has 3 heterocycles. The number of aromatic nitrogens is 2. The lowest BCUT2D eigenvalue weighted by molar-refractivity contribution is -0.195. The maximum Gasteiger partial charge on any atom is 0.530 e. The number of ether oxygens (including phenoxy) is 1. The van der Waals surface area contributed by atoms with Gasteiger partial charge in [-0.05, 0) is 30.4 Å². The molecule has 5 atom stereocenters. The second-order valence-corrected chi connectivity index (χ2v) is 9.42. The van der Waals surface area contributed by atoms with Gasteiger partial charge in [-0.2, -0.15) is 0 Å². The summed E-state index contributed by atoms with van der Waals surface area (Å²) >= 11 is 5.01. The molecule has 2 aromatic rings. The standard InChI is InChI=1S/C18H19F2N2O9PS/c19-11-1-2-12-9(3-11)7-28-32(27,31-12)29-8-18(20)15(25)14(24)13(30-18)5-22-4-10(6-23)16(26)21-17(22)33/h1-4,13-15,23-25H,5-8H2,(H,21,26,33)/t13-,14-,15-,18+,32?/m0/s1. The van der Waals surface area contributed by atoms with E-state index < -0.39 is 56.6 Å². The van der Waals surface area contributed by atoms with Crippen LogP contribution in [-0.4, -0.2) is 55.6 Å². The average Bonchev–Trinajstić information content (AvgIpc) is 2.98. The van der Waals surface area contributed by atoms with Crippen LogP contribution in [0.25, 0.3) is 0 Å². The van der Waals surface area contributed by atoms with Crippen molar-refractivity contribution in [3.8, 4) is 5.75 Å². The first-order chi connectivity index (χ1) is 15.5. The van der Waals surface area contributed by atoms with Crippen molar-refractivity contribution >= 4 is 20.0 Å². The summed E-state index contributed by atoms with van der Waals surface area (Å²) in [6.45, 7) is -2.34. The van der Waals surface area contributed by atoms with Crippen LogP contribution in [0.3, 0.4) is 0 Å². The Bertz CT molecular complexity index is 1220. The summed E-state index contributed by atoms with van der Waals surface area (Å²) in [5, 5.41) is 29.7. The number of benzene rings is 1. The van der Waals surface area contributed by atoms with Gasteiger partial charge in [-0.15, -0.1) is 0 Å². The number of aromatic amines is 1. The van der Waals surface area contributed by atoms with Crippen LogP contribution in [0, 0.1) is 10.6 Å². The first-order valence-electron chi connectivity index (χ1n) is 9.57. The molecular formula is C18H19F2N2O9PS. The molecule has 11 nitrogen and oxygen atoms in total. The molecule has 2 aliphatic rings. The number of fused-ring (bicyclic) bond motifs is 1. The number of aliphatic hydroxyl groups excluding tert-OH is 3. The number of nitrogens with zero attached hydrogens (tertiary/aromatic N) is 1. The Morgan fingerprint density at radius 1 is 1.39 bits per heavy atom. The monoisotopic (exact) mass is 508 g/mol. The summed E-state index contributed by atoms with van der Waals surface area (Å²) in [6.07, 6.45) is -3.99. The van der Waals surface area contributed by atoms with E-state index in [1.165, 1.54) is 16.8 Å². The first kappa shape index (κ1) is 24.1. The molecule has 1 aromatic heterocycles. The van der Waals surface area contributed by atoms with Crippen LogP contribution in [0.15, 0.2) is 29.2 Å². The fraction of sp³-hybridized carbons (Fsp3) is 0.444. The molecule has 180 valence electrons. The highest BCUT2D eigenvalue weighted by molar-refractivity contribution is 7.71. The zero-order chi connectivity index (χ0) is 24.0. The Morgan fingerprint density at radius 2 is 2.15 bits per heavy atom. The van der Waals surface area contributed by atoms with E-state index in [9.17, 15) is 29.1 Å². The van der Waals surface area contributed by atoms with Gasteiger partial charge in [0.15, 0.2) is 4.77 Å². The van der Waals surface area contributed by atoms with Gasteiger partial charge in [0.05, 0.1) is 25.3 Å². The molecular weight excluding hydrogens is 489 g/mol. The van der Waals surface area contributed by atoms with Crippen LogP contribution >= 0.6 is 20.0 Å². The maximum absolute atomic E-state index is 15.3. The highest BCUT2D eigenvalue weighted by Gasteiger charge is 2.56. The average molecular weight is 508 g/mol. The van der Waals surface area contributed by atoms with Crippen LogP contribution in [0.4, 0.5) is 8.78 Å². The number of phosphoric ester groups is 1. The number of H-pyrrole nitrogens is 1. The van der Waals surface area contributed by atoms with Gasteiger partial charge in [0, 0.05) is 11.8 Å². The van der Waals surface area contributed by atoms with Gasteiger partial charge < -0.3 is 29.1 Å². The van der Waals surface area contributed by atoms with Gasteiger partial charge in [-0.3, -0.25) is 18.8 Å². The third-order valence-electron chi connectivity index (χ3n) is 5.16. The van der Waals surface area contributed by atoms with Crippen LogP contribution in [-0.2, 0) is 38.1 Å². The lowest BCUT2D eigenvalue weighted by Gasteiger charge is -2.28. The number of hydrogen-bond acceptors (Lipinski definition) is 10. The summed E-state index contributed by atoms with van der Waals surface area (Å²) in [4.78, 5) is 14.0. The minimum absolute atomic E-state index is 0.0248. The molecule has 2 aliphatic heterocycles. The molecule has 15 heteroatoms. The van der Waals surface area contributed by atoms with E-state index in [4.69, 9.17) is 30.5 Å². The highest BCUT2D eigenvalue weighted by atomic mass is 32.1. The van der Waals surface area contributed by atoms with Crippen molar-refractivity contribution in [2.75, 3.05) is 6.61 Å². The molecule has 1 unspecified atom stereocenters. The quantitative estimate of drug-likeness (QED) is 0.329. The predicted molar refractivity (Wildman–Crippen MR) is 108 cm³/mol. The molecule has 0 bridgehead atoms. The summed E-state index contributed by atoms with van der Waals surface area (Å²) in [7, 11) is -4.34. The van der Waals surface area contributed by atoms with Crippen LogP contribution < -0.4 is 10.1 Å². The molecule has 0 aliphatic carbocycles. The topological polar surface area (TPSA) is 152 Å². The zero-order valence-electron chi connectivity index (χ0n) is 16.7. The Morgan fingerprint density at radius 3 is 2.88 bits per heavy atom. The van der Waals surface area contributed by atoms with Crippen molar-refractivity contribution in [2.45, 2.75) is 43.9 Å². The molecule has 33 heavy (non-hydrogen) atoms. The molecule has 4 rings (SSSR count). The number of rotatable bonds is 6. The van der Waals surface area contributed by atoms with Gasteiger partial charge in [0.2, 0.25) is 0 Å². The van der Waals surface area contributed by atoms with E-state index in [-0.39, 0.29) is 34.8 Å². The molecule has 4 N–H and O–H groups in total. The highest BCUT2D eigenvalue weighted by Crippen LogP contribution is 2.55. The number of alkyl halides is 1.